The Bertz CT molecular complexity index is 1730. The van der Waals surface area contributed by atoms with Gasteiger partial charge >= 0.3 is 0 Å². The van der Waals surface area contributed by atoms with Crippen LogP contribution in [0.25, 0.3) is 39.0 Å². The Morgan fingerprint density at radius 1 is 1.00 bits per heavy atom. The van der Waals surface area contributed by atoms with Crippen LogP contribution in [0.4, 0.5) is 5.95 Å². The Balaban J connectivity index is 1.52. The van der Waals surface area contributed by atoms with Gasteiger partial charge in [-0.05, 0) is 45.9 Å². The van der Waals surface area contributed by atoms with Crippen LogP contribution in [0.5, 0.6) is 5.75 Å². The average Bonchev–Trinajstić information content (AvgIpc) is 3.51. The fraction of sp³-hybridized carbons (Fsp3) is 0.433. The standard InChI is InChI=1S/C30H37N9O/c1-18(2)27-28-24(37(7)29(35-28)38-12-11-36(6)30(4,5)17-38)14-26(34-27)39-23-13-22(33-19(3)20(23)16-32-39)21-15-31-10-9-25(21)40-8/h9-10,13-16,18H,11-12,17H2,1-8H3. The van der Waals surface area contributed by atoms with Gasteiger partial charge in [0, 0.05) is 61.8 Å². The summed E-state index contributed by atoms with van der Waals surface area (Å²) < 4.78 is 9.71. The maximum Gasteiger partial charge on any atom is 0.206 e. The van der Waals surface area contributed by atoms with Crippen LogP contribution >= 0.6 is 0 Å². The summed E-state index contributed by atoms with van der Waals surface area (Å²) in [5, 5.41) is 5.76. The molecule has 0 N–H and O–H groups in total. The normalized spacial score (nSPS) is 16.0. The molecule has 0 radical (unpaired) electrons. The lowest BCUT2D eigenvalue weighted by Gasteiger charge is -2.45. The van der Waals surface area contributed by atoms with E-state index in [1.165, 1.54) is 0 Å². The smallest absolute Gasteiger partial charge is 0.206 e. The molecule has 0 aliphatic carbocycles. The zero-order valence-corrected chi connectivity index (χ0v) is 24.6. The van der Waals surface area contributed by atoms with Gasteiger partial charge in [-0.2, -0.15) is 5.10 Å². The molecular formula is C30H37N9O. The second-order valence-electron chi connectivity index (χ2n) is 11.7. The van der Waals surface area contributed by atoms with E-state index in [-0.39, 0.29) is 11.5 Å². The number of aryl methyl sites for hydroxylation is 2. The first kappa shape index (κ1) is 26.2. The van der Waals surface area contributed by atoms with Crippen molar-refractivity contribution in [3.63, 3.8) is 0 Å². The number of piperazine rings is 1. The van der Waals surface area contributed by atoms with E-state index in [0.29, 0.717) is 0 Å². The first-order chi connectivity index (χ1) is 19.1. The van der Waals surface area contributed by atoms with Gasteiger partial charge in [0.2, 0.25) is 5.95 Å². The molecule has 0 bridgehead atoms. The number of rotatable bonds is 5. The second-order valence-corrected chi connectivity index (χ2v) is 11.7. The van der Waals surface area contributed by atoms with Crippen molar-refractivity contribution >= 4 is 27.9 Å². The van der Waals surface area contributed by atoms with Crippen LogP contribution in [0.1, 0.15) is 45.0 Å². The summed E-state index contributed by atoms with van der Waals surface area (Å²) in [5.74, 6) is 2.65. The second kappa shape index (κ2) is 9.55. The summed E-state index contributed by atoms with van der Waals surface area (Å²) in [4.78, 5) is 24.3. The first-order valence-electron chi connectivity index (χ1n) is 13.8. The molecule has 0 aromatic carbocycles. The number of anilines is 1. The van der Waals surface area contributed by atoms with Crippen molar-refractivity contribution in [1.29, 1.82) is 0 Å². The molecule has 0 amide bonds. The van der Waals surface area contributed by atoms with Crippen molar-refractivity contribution in [2.45, 2.75) is 46.1 Å². The highest BCUT2D eigenvalue weighted by atomic mass is 16.5. The third kappa shape index (κ3) is 4.18. The number of aromatic nitrogens is 7. The molecule has 6 rings (SSSR count). The summed E-state index contributed by atoms with van der Waals surface area (Å²) in [7, 11) is 5.96. The van der Waals surface area contributed by atoms with E-state index in [1.807, 2.05) is 29.9 Å². The molecule has 208 valence electrons. The molecule has 6 heterocycles. The van der Waals surface area contributed by atoms with Crippen LogP contribution in [-0.4, -0.2) is 78.5 Å². The van der Waals surface area contributed by atoms with Gasteiger partial charge in [-0.1, -0.05) is 13.8 Å². The maximum atomic E-state index is 5.59. The summed E-state index contributed by atoms with van der Waals surface area (Å²) in [6.07, 6.45) is 5.37. The molecule has 5 aromatic rings. The Labute approximate surface area is 234 Å². The minimum absolute atomic E-state index is 0.0647. The number of hydrogen-bond acceptors (Lipinski definition) is 8. The van der Waals surface area contributed by atoms with Gasteiger partial charge in [0.05, 0.1) is 41.3 Å². The third-order valence-corrected chi connectivity index (χ3v) is 8.26. The maximum absolute atomic E-state index is 5.59. The first-order valence-corrected chi connectivity index (χ1v) is 13.8. The highest BCUT2D eigenvalue weighted by Crippen LogP contribution is 2.34. The fourth-order valence-electron chi connectivity index (χ4n) is 5.64. The van der Waals surface area contributed by atoms with Crippen molar-refractivity contribution in [2.24, 2.45) is 7.05 Å². The Kier molecular flexibility index (Phi) is 6.25. The van der Waals surface area contributed by atoms with Crippen LogP contribution in [-0.2, 0) is 7.05 Å². The predicted octanol–water partition coefficient (Wildman–Crippen LogP) is 4.74. The van der Waals surface area contributed by atoms with Gasteiger partial charge in [-0.15, -0.1) is 0 Å². The lowest BCUT2D eigenvalue weighted by molar-refractivity contribution is 0.137. The topological polar surface area (TPSA) is 90.0 Å². The molecule has 1 saturated heterocycles. The largest absolute Gasteiger partial charge is 0.496 e. The van der Waals surface area contributed by atoms with E-state index >= 15 is 0 Å². The van der Waals surface area contributed by atoms with E-state index in [1.54, 1.807) is 19.5 Å². The minimum atomic E-state index is 0.0647. The lowest BCUT2D eigenvalue weighted by Crippen LogP contribution is -2.58. The van der Waals surface area contributed by atoms with Crippen LogP contribution in [0.3, 0.4) is 0 Å². The number of pyridine rings is 3. The summed E-state index contributed by atoms with van der Waals surface area (Å²) in [6, 6.07) is 5.99. The van der Waals surface area contributed by atoms with Crippen molar-refractivity contribution < 1.29 is 4.74 Å². The summed E-state index contributed by atoms with van der Waals surface area (Å²) in [6.45, 7) is 13.8. The molecule has 10 heteroatoms. The molecular weight excluding hydrogens is 502 g/mol. The molecule has 0 unspecified atom stereocenters. The monoisotopic (exact) mass is 539 g/mol. The molecule has 0 atom stereocenters. The molecule has 1 fully saturated rings. The number of likely N-dealkylation sites (N-methyl/N-ethyl adjacent to an activating group) is 1. The van der Waals surface area contributed by atoms with E-state index in [4.69, 9.17) is 24.8 Å². The zero-order valence-electron chi connectivity index (χ0n) is 24.6. The lowest BCUT2D eigenvalue weighted by atomic mass is 10.0. The van der Waals surface area contributed by atoms with Crippen LogP contribution in [0, 0.1) is 6.92 Å². The minimum Gasteiger partial charge on any atom is -0.496 e. The van der Waals surface area contributed by atoms with E-state index in [0.717, 1.165) is 81.7 Å². The molecule has 0 spiro atoms. The van der Waals surface area contributed by atoms with Crippen molar-refractivity contribution in [3.05, 3.63) is 48.2 Å². The SMILES string of the molecule is COc1ccncc1-c1cc2c(cnn2-c2cc3c(nc(N4CCN(C)C(C)(C)C4)n3C)c(C(C)C)n2)c(C)n1. The fourth-order valence-corrected chi connectivity index (χ4v) is 5.64. The predicted molar refractivity (Wildman–Crippen MR) is 158 cm³/mol. The average molecular weight is 540 g/mol. The van der Waals surface area contributed by atoms with E-state index < -0.39 is 0 Å². The number of hydrogen-bond donors (Lipinski definition) is 0. The van der Waals surface area contributed by atoms with E-state index in [2.05, 4.69) is 67.2 Å². The van der Waals surface area contributed by atoms with Gasteiger partial charge in [0.1, 0.15) is 11.3 Å². The molecule has 0 saturated carbocycles. The van der Waals surface area contributed by atoms with Crippen molar-refractivity contribution in [1.82, 2.24) is 39.2 Å². The molecule has 5 aromatic heterocycles. The number of methoxy groups -OCH3 is 1. The van der Waals surface area contributed by atoms with E-state index in [9.17, 15) is 0 Å². The molecule has 10 nitrogen and oxygen atoms in total. The molecule has 1 aliphatic rings. The molecule has 40 heavy (non-hydrogen) atoms. The van der Waals surface area contributed by atoms with Crippen molar-refractivity contribution in [3.8, 4) is 22.8 Å². The van der Waals surface area contributed by atoms with Crippen LogP contribution < -0.4 is 9.64 Å². The number of imidazole rings is 1. The Morgan fingerprint density at radius 2 is 1.80 bits per heavy atom. The third-order valence-electron chi connectivity index (χ3n) is 8.26. The highest BCUT2D eigenvalue weighted by Gasteiger charge is 2.33. The van der Waals surface area contributed by atoms with Crippen molar-refractivity contribution in [2.75, 3.05) is 38.7 Å². The van der Waals surface area contributed by atoms with Gasteiger partial charge in [0.25, 0.3) is 0 Å². The van der Waals surface area contributed by atoms with Crippen LogP contribution in [0.15, 0.2) is 36.8 Å². The van der Waals surface area contributed by atoms with Gasteiger partial charge in [0.15, 0.2) is 5.82 Å². The molecule has 1 aliphatic heterocycles. The van der Waals surface area contributed by atoms with Gasteiger partial charge in [-0.25, -0.2) is 14.6 Å². The highest BCUT2D eigenvalue weighted by molar-refractivity contribution is 5.88. The number of fused-ring (bicyclic) bond motifs is 2. The van der Waals surface area contributed by atoms with Gasteiger partial charge in [-0.3, -0.25) is 14.9 Å². The van der Waals surface area contributed by atoms with Gasteiger partial charge < -0.3 is 14.2 Å². The number of nitrogens with zero attached hydrogens (tertiary/aromatic N) is 9. The summed E-state index contributed by atoms with van der Waals surface area (Å²) >= 11 is 0. The zero-order chi connectivity index (χ0) is 28.3. The van der Waals surface area contributed by atoms with Crippen LogP contribution in [0.2, 0.25) is 0 Å². The Morgan fingerprint density at radius 3 is 2.52 bits per heavy atom. The number of ether oxygens (including phenoxy) is 1. The quantitative estimate of drug-likeness (QED) is 0.317. The summed E-state index contributed by atoms with van der Waals surface area (Å²) in [5.41, 5.74) is 6.45. The Hall–Kier alpha value is -4.05.